The van der Waals surface area contributed by atoms with Gasteiger partial charge in [-0.3, -0.25) is 4.68 Å². The molecule has 3 aromatic heterocycles. The molecule has 0 amide bonds. The lowest BCUT2D eigenvalue weighted by molar-refractivity contribution is 0.413. The average Bonchev–Trinajstić information content (AvgIpc) is 3.39. The maximum absolute atomic E-state index is 5.32. The van der Waals surface area contributed by atoms with Crippen LogP contribution in [0.25, 0.3) is 16.7 Å². The lowest BCUT2D eigenvalue weighted by atomic mass is 10.0. The maximum atomic E-state index is 5.32. The summed E-state index contributed by atoms with van der Waals surface area (Å²) < 4.78 is 8.76. The van der Waals surface area contributed by atoms with Gasteiger partial charge in [0.2, 0.25) is 0 Å². The van der Waals surface area contributed by atoms with E-state index < -0.39 is 0 Å². The fraction of sp³-hybridized carbons (Fsp3) is 0.294. The molecule has 1 aromatic carbocycles. The summed E-state index contributed by atoms with van der Waals surface area (Å²) in [6, 6.07) is 8.25. The summed E-state index contributed by atoms with van der Waals surface area (Å²) >= 11 is 0. The van der Waals surface area contributed by atoms with E-state index >= 15 is 0 Å². The molecule has 2 unspecified atom stereocenters. The molecule has 5 rings (SSSR count). The molecule has 132 valence electrons. The fourth-order valence-corrected chi connectivity index (χ4v) is 3.41. The van der Waals surface area contributed by atoms with Gasteiger partial charge in [-0.25, -0.2) is 25.3 Å². The van der Waals surface area contributed by atoms with Crippen LogP contribution in [-0.4, -0.2) is 36.5 Å². The standard InChI is InChI=1S/C17H18N8O/c1-24-16-12(8-19-24)17-20-15(23-25(17)9-18-16)14-7-13(21-22-14)10-4-3-5-11(6-10)26-2/h3-6,8-9,13-14,21-22H,7H2,1-2H3. The van der Waals surface area contributed by atoms with Crippen molar-refractivity contribution in [2.45, 2.75) is 18.5 Å². The van der Waals surface area contributed by atoms with E-state index in [2.05, 4.69) is 32.1 Å². The summed E-state index contributed by atoms with van der Waals surface area (Å²) in [4.78, 5) is 9.13. The molecule has 0 bridgehead atoms. The Morgan fingerprint density at radius 3 is 2.96 bits per heavy atom. The molecule has 2 N–H and O–H groups in total. The van der Waals surface area contributed by atoms with Crippen molar-refractivity contribution in [2.75, 3.05) is 7.11 Å². The first-order chi connectivity index (χ1) is 12.7. The highest BCUT2D eigenvalue weighted by Crippen LogP contribution is 2.31. The molecule has 4 aromatic rings. The Morgan fingerprint density at radius 2 is 2.08 bits per heavy atom. The Balaban J connectivity index is 1.46. The summed E-state index contributed by atoms with van der Waals surface area (Å²) in [7, 11) is 3.54. The third kappa shape index (κ3) is 2.32. The minimum Gasteiger partial charge on any atom is -0.497 e. The van der Waals surface area contributed by atoms with Crippen LogP contribution in [0.4, 0.5) is 0 Å². The van der Waals surface area contributed by atoms with Crippen molar-refractivity contribution in [3.05, 3.63) is 48.2 Å². The summed E-state index contributed by atoms with van der Waals surface area (Å²) in [6.45, 7) is 0. The van der Waals surface area contributed by atoms with Gasteiger partial charge in [0.25, 0.3) is 0 Å². The van der Waals surface area contributed by atoms with Crippen LogP contribution in [0.2, 0.25) is 0 Å². The van der Waals surface area contributed by atoms with Gasteiger partial charge in [0.15, 0.2) is 17.1 Å². The summed E-state index contributed by atoms with van der Waals surface area (Å²) in [5.74, 6) is 1.59. The number of nitrogens with one attached hydrogen (secondary N) is 2. The van der Waals surface area contributed by atoms with E-state index in [1.807, 2.05) is 25.2 Å². The van der Waals surface area contributed by atoms with E-state index in [0.29, 0.717) is 0 Å². The van der Waals surface area contributed by atoms with Gasteiger partial charge >= 0.3 is 0 Å². The van der Waals surface area contributed by atoms with Crippen LogP contribution in [0.3, 0.4) is 0 Å². The van der Waals surface area contributed by atoms with Crippen molar-refractivity contribution in [2.24, 2.45) is 7.05 Å². The van der Waals surface area contributed by atoms with Gasteiger partial charge in [0, 0.05) is 13.1 Å². The van der Waals surface area contributed by atoms with Crippen molar-refractivity contribution >= 4 is 16.7 Å². The molecule has 1 fully saturated rings. The summed E-state index contributed by atoms with van der Waals surface area (Å²) in [5, 5.41) is 9.74. The number of hydrogen-bond donors (Lipinski definition) is 2. The number of ether oxygens (including phenoxy) is 1. The number of nitrogens with zero attached hydrogens (tertiary/aromatic N) is 6. The zero-order valence-corrected chi connectivity index (χ0v) is 14.4. The summed E-state index contributed by atoms with van der Waals surface area (Å²) in [5.41, 5.74) is 9.36. The SMILES string of the molecule is COc1cccc(C2CC(c3nc4c5cnn(C)c5ncn4n3)NN2)c1. The van der Waals surface area contributed by atoms with E-state index in [4.69, 9.17) is 9.72 Å². The number of benzene rings is 1. The van der Waals surface area contributed by atoms with Crippen LogP contribution in [0, 0.1) is 0 Å². The van der Waals surface area contributed by atoms with Gasteiger partial charge in [-0.2, -0.15) is 5.10 Å². The molecule has 1 saturated heterocycles. The molecule has 1 aliphatic heterocycles. The first-order valence-corrected chi connectivity index (χ1v) is 8.41. The number of aryl methyl sites for hydroxylation is 1. The number of rotatable bonds is 3. The van der Waals surface area contributed by atoms with Gasteiger partial charge in [-0.05, 0) is 24.1 Å². The molecule has 0 spiro atoms. The first-order valence-electron chi connectivity index (χ1n) is 8.41. The van der Waals surface area contributed by atoms with E-state index in [1.54, 1.807) is 28.8 Å². The number of hydrazine groups is 1. The molecular formula is C17H18N8O. The number of aromatic nitrogens is 6. The second-order valence-electron chi connectivity index (χ2n) is 6.39. The Hall–Kier alpha value is -3.04. The van der Waals surface area contributed by atoms with Gasteiger partial charge in [0.05, 0.1) is 24.7 Å². The Bertz CT molecular complexity index is 1100. The topological polar surface area (TPSA) is 94.2 Å². The zero-order chi connectivity index (χ0) is 17.7. The van der Waals surface area contributed by atoms with E-state index in [1.165, 1.54) is 5.56 Å². The second kappa shape index (κ2) is 5.75. The molecule has 0 saturated carbocycles. The van der Waals surface area contributed by atoms with E-state index in [9.17, 15) is 0 Å². The lowest BCUT2D eigenvalue weighted by Crippen LogP contribution is -2.27. The Morgan fingerprint density at radius 1 is 1.19 bits per heavy atom. The predicted molar refractivity (Wildman–Crippen MR) is 94.4 cm³/mol. The average molecular weight is 350 g/mol. The minimum atomic E-state index is 0.0119. The third-order valence-electron chi connectivity index (χ3n) is 4.80. The quantitative estimate of drug-likeness (QED) is 0.575. The van der Waals surface area contributed by atoms with Crippen LogP contribution >= 0.6 is 0 Å². The highest BCUT2D eigenvalue weighted by atomic mass is 16.5. The molecule has 1 aliphatic rings. The van der Waals surface area contributed by atoms with Gasteiger partial charge in [-0.1, -0.05) is 12.1 Å². The van der Waals surface area contributed by atoms with Gasteiger partial charge in [-0.15, -0.1) is 5.10 Å². The zero-order valence-electron chi connectivity index (χ0n) is 14.4. The van der Waals surface area contributed by atoms with Crippen molar-refractivity contribution in [3.8, 4) is 5.75 Å². The molecule has 0 radical (unpaired) electrons. The van der Waals surface area contributed by atoms with Gasteiger partial charge in [0.1, 0.15) is 12.1 Å². The van der Waals surface area contributed by atoms with Crippen molar-refractivity contribution in [1.29, 1.82) is 0 Å². The Labute approximate surface area is 149 Å². The third-order valence-corrected chi connectivity index (χ3v) is 4.80. The molecule has 0 aliphatic carbocycles. The van der Waals surface area contributed by atoms with Crippen molar-refractivity contribution in [1.82, 2.24) is 40.2 Å². The normalized spacial score (nSPS) is 20.2. The second-order valence-corrected chi connectivity index (χ2v) is 6.39. The summed E-state index contributed by atoms with van der Waals surface area (Å²) in [6.07, 6.45) is 4.29. The first kappa shape index (κ1) is 15.2. The molecule has 9 nitrogen and oxygen atoms in total. The monoisotopic (exact) mass is 350 g/mol. The molecular weight excluding hydrogens is 332 g/mol. The van der Waals surface area contributed by atoms with Crippen molar-refractivity contribution < 1.29 is 4.74 Å². The molecule has 9 heteroatoms. The predicted octanol–water partition coefficient (Wildman–Crippen LogP) is 1.30. The number of methoxy groups -OCH3 is 1. The highest BCUT2D eigenvalue weighted by molar-refractivity contribution is 5.88. The van der Waals surface area contributed by atoms with E-state index in [-0.39, 0.29) is 12.1 Å². The van der Waals surface area contributed by atoms with Crippen molar-refractivity contribution in [3.63, 3.8) is 0 Å². The van der Waals surface area contributed by atoms with Gasteiger partial charge < -0.3 is 4.74 Å². The number of hydrogen-bond acceptors (Lipinski definition) is 7. The van der Waals surface area contributed by atoms with Crippen LogP contribution < -0.4 is 15.6 Å². The highest BCUT2D eigenvalue weighted by Gasteiger charge is 2.29. The maximum Gasteiger partial charge on any atom is 0.170 e. The van der Waals surface area contributed by atoms with Crippen LogP contribution in [0.1, 0.15) is 29.9 Å². The fourth-order valence-electron chi connectivity index (χ4n) is 3.41. The molecule has 4 heterocycles. The van der Waals surface area contributed by atoms with E-state index in [0.717, 1.165) is 34.7 Å². The Kier molecular flexibility index (Phi) is 3.37. The lowest BCUT2D eigenvalue weighted by Gasteiger charge is -2.10. The largest absolute Gasteiger partial charge is 0.497 e. The molecule has 2 atom stereocenters. The van der Waals surface area contributed by atoms with Crippen LogP contribution in [0.15, 0.2) is 36.8 Å². The van der Waals surface area contributed by atoms with Crippen LogP contribution in [0.5, 0.6) is 5.75 Å². The van der Waals surface area contributed by atoms with Crippen LogP contribution in [-0.2, 0) is 7.05 Å². The number of fused-ring (bicyclic) bond motifs is 3. The minimum absolute atomic E-state index is 0.0119. The smallest absolute Gasteiger partial charge is 0.170 e. The molecule has 26 heavy (non-hydrogen) atoms.